The Kier molecular flexibility index (Phi) is 7.66. The summed E-state index contributed by atoms with van der Waals surface area (Å²) in [4.78, 5) is 59.7. The largest absolute Gasteiger partial charge is 0.493 e. The number of amides is 3. The molecule has 48 heavy (non-hydrogen) atoms. The number of nitrogens with one attached hydrogen (secondary N) is 1. The van der Waals surface area contributed by atoms with E-state index in [1.807, 2.05) is 17.0 Å². The number of alkyl halides is 3. The van der Waals surface area contributed by atoms with E-state index in [0.29, 0.717) is 17.9 Å². The monoisotopic (exact) mass is 699 g/mol. The number of carbonyl (C=O) groups is 3. The van der Waals surface area contributed by atoms with E-state index in [1.54, 1.807) is 6.07 Å². The molecule has 252 valence electrons. The molecule has 5 aliphatic rings. The topological polar surface area (TPSA) is 109 Å². The second kappa shape index (κ2) is 11.7. The average molecular weight is 700 g/mol. The Balaban J connectivity index is 1.11. The SMILES string of the molecule is COc1cc([C@@H]2c3sc(=O)[nH]c3S[C@@H]3[C@@H]4C[C@@H]([C@@H]5C(=O)N(c6cccc(C(F)(F)F)c6)C(=O)[C@@H]45)[C@H]23)ccc1OCC(=O)N1CCCCC1. The number of hydrogen-bond acceptors (Lipinski definition) is 8. The number of piperidine rings is 1. The van der Waals surface area contributed by atoms with E-state index in [4.69, 9.17) is 9.47 Å². The predicted octanol–water partition coefficient (Wildman–Crippen LogP) is 5.53. The van der Waals surface area contributed by atoms with Crippen molar-refractivity contribution in [1.29, 1.82) is 0 Å². The van der Waals surface area contributed by atoms with Gasteiger partial charge in [0, 0.05) is 29.1 Å². The zero-order valence-electron chi connectivity index (χ0n) is 25.8. The molecule has 3 aliphatic heterocycles. The number of imide groups is 1. The zero-order chi connectivity index (χ0) is 33.5. The van der Waals surface area contributed by atoms with Crippen molar-refractivity contribution in [3.8, 4) is 11.5 Å². The highest BCUT2D eigenvalue weighted by Crippen LogP contribution is 2.69. The van der Waals surface area contributed by atoms with E-state index in [2.05, 4.69) is 4.98 Å². The summed E-state index contributed by atoms with van der Waals surface area (Å²) in [6.07, 6.45) is -0.913. The number of aromatic amines is 1. The summed E-state index contributed by atoms with van der Waals surface area (Å²) in [7, 11) is 1.52. The Labute approximate surface area is 281 Å². The van der Waals surface area contributed by atoms with E-state index < -0.39 is 35.4 Å². The summed E-state index contributed by atoms with van der Waals surface area (Å²) in [5, 5.41) is 0.638. The number of carbonyl (C=O) groups excluding carboxylic acids is 3. The number of nitrogens with zero attached hydrogens (tertiary/aromatic N) is 2. The van der Waals surface area contributed by atoms with Gasteiger partial charge < -0.3 is 19.4 Å². The molecule has 3 aromatic rings. The molecule has 14 heteroatoms. The van der Waals surface area contributed by atoms with Crippen LogP contribution in [0.2, 0.25) is 0 Å². The first-order valence-electron chi connectivity index (χ1n) is 16.1. The molecule has 0 unspecified atom stereocenters. The molecule has 0 spiro atoms. The standard InChI is InChI=1S/C34H32F3N3O6S2/c1-45-22-12-16(8-9-21(22)46-15-23(41)39-10-3-2-4-11-39)24-25-19-14-20(28(25)47-30-29(24)48-33(44)38-30)27-26(19)31(42)40(32(27)43)18-7-5-6-17(13-18)34(35,36)37/h5-9,12-13,19-20,24-28H,2-4,10-11,14-15H2,1H3,(H,38,44)/t19-,20-,24+,25-,26+,27+,28-/m1/s1. The van der Waals surface area contributed by atoms with Crippen molar-refractivity contribution < 1.29 is 37.0 Å². The van der Waals surface area contributed by atoms with Crippen LogP contribution in [-0.2, 0) is 20.6 Å². The quantitative estimate of drug-likeness (QED) is 0.337. The highest BCUT2D eigenvalue weighted by molar-refractivity contribution is 8.00. The molecule has 2 bridgehead atoms. The van der Waals surface area contributed by atoms with E-state index >= 15 is 0 Å². The molecular formula is C34H32F3N3O6S2. The molecule has 7 atom stereocenters. The fraction of sp³-hybridized carbons (Fsp3) is 0.471. The number of rotatable bonds is 6. The smallest absolute Gasteiger partial charge is 0.416 e. The number of hydrogen-bond donors (Lipinski definition) is 1. The van der Waals surface area contributed by atoms with Crippen molar-refractivity contribution in [3.05, 3.63) is 68.1 Å². The van der Waals surface area contributed by atoms with Crippen molar-refractivity contribution in [2.75, 3.05) is 31.7 Å². The Morgan fingerprint density at radius 3 is 2.46 bits per heavy atom. The number of H-pyrrole nitrogens is 1. The number of thioether (sulfide) groups is 1. The molecule has 2 saturated heterocycles. The fourth-order valence-electron chi connectivity index (χ4n) is 8.84. The summed E-state index contributed by atoms with van der Waals surface area (Å²) < 4.78 is 52.2. The lowest BCUT2D eigenvalue weighted by Gasteiger charge is -2.43. The summed E-state index contributed by atoms with van der Waals surface area (Å²) in [6, 6.07) is 9.88. The van der Waals surface area contributed by atoms with Crippen LogP contribution in [0.1, 0.15) is 47.6 Å². The Bertz CT molecular complexity index is 1870. The van der Waals surface area contributed by atoms with E-state index in [-0.39, 0.29) is 52.0 Å². The van der Waals surface area contributed by atoms with Gasteiger partial charge in [-0.25, -0.2) is 0 Å². The lowest BCUT2D eigenvalue weighted by Crippen LogP contribution is -2.42. The van der Waals surface area contributed by atoms with Gasteiger partial charge >= 0.3 is 11.0 Å². The first-order chi connectivity index (χ1) is 23.0. The molecule has 8 rings (SSSR count). The molecule has 1 aromatic heterocycles. The van der Waals surface area contributed by atoms with Crippen LogP contribution in [0, 0.1) is 29.6 Å². The second-order valence-corrected chi connectivity index (χ2v) is 15.4. The number of halogens is 3. The lowest BCUT2D eigenvalue weighted by molar-refractivity contribution is -0.137. The summed E-state index contributed by atoms with van der Waals surface area (Å²) in [5.41, 5.74) is -0.136. The lowest BCUT2D eigenvalue weighted by atomic mass is 9.68. The zero-order valence-corrected chi connectivity index (χ0v) is 27.5. The first-order valence-corrected chi connectivity index (χ1v) is 17.8. The van der Waals surface area contributed by atoms with Crippen molar-refractivity contribution in [1.82, 2.24) is 9.88 Å². The van der Waals surface area contributed by atoms with Gasteiger partial charge in [0.05, 0.1) is 35.2 Å². The number of ether oxygens (including phenoxy) is 2. The third-order valence-electron chi connectivity index (χ3n) is 10.8. The normalized spacial score (nSPS) is 29.1. The average Bonchev–Trinajstić information content (AvgIpc) is 3.82. The molecule has 0 radical (unpaired) electrons. The molecule has 4 heterocycles. The molecule has 9 nitrogen and oxygen atoms in total. The first kappa shape index (κ1) is 31.5. The number of anilines is 1. The van der Waals surface area contributed by atoms with Gasteiger partial charge in [0.1, 0.15) is 0 Å². The minimum Gasteiger partial charge on any atom is -0.493 e. The predicted molar refractivity (Wildman–Crippen MR) is 171 cm³/mol. The van der Waals surface area contributed by atoms with Gasteiger partial charge in [-0.1, -0.05) is 23.5 Å². The van der Waals surface area contributed by atoms with Crippen molar-refractivity contribution in [2.45, 2.75) is 48.1 Å². The highest BCUT2D eigenvalue weighted by Gasteiger charge is 2.69. The third kappa shape index (κ3) is 4.96. The molecule has 3 amide bonds. The summed E-state index contributed by atoms with van der Waals surface area (Å²) in [6.45, 7) is 1.33. The minimum atomic E-state index is -4.62. The number of aromatic nitrogens is 1. The Morgan fingerprint density at radius 1 is 0.979 bits per heavy atom. The molecule has 4 fully saturated rings. The molecule has 2 saturated carbocycles. The molecule has 2 aromatic carbocycles. The maximum absolute atomic E-state index is 14.0. The number of benzene rings is 2. The van der Waals surface area contributed by atoms with Crippen molar-refractivity contribution in [3.63, 3.8) is 0 Å². The van der Waals surface area contributed by atoms with Gasteiger partial charge in [-0.2, -0.15) is 13.2 Å². The molecule has 2 aliphatic carbocycles. The van der Waals surface area contributed by atoms with Crippen LogP contribution < -0.4 is 19.2 Å². The molecular weight excluding hydrogens is 668 g/mol. The number of methoxy groups -OCH3 is 1. The van der Waals surface area contributed by atoms with E-state index in [0.717, 1.165) is 76.2 Å². The minimum absolute atomic E-state index is 0.0664. The van der Waals surface area contributed by atoms with E-state index in [1.165, 1.54) is 31.0 Å². The number of fused-ring (bicyclic) bond motifs is 9. The van der Waals surface area contributed by atoms with Crippen LogP contribution in [0.25, 0.3) is 0 Å². The molecule has 1 N–H and O–H groups in total. The summed E-state index contributed by atoms with van der Waals surface area (Å²) in [5.74, 6) is -2.28. The Morgan fingerprint density at radius 2 is 1.73 bits per heavy atom. The van der Waals surface area contributed by atoms with Gasteiger partial charge in [0.15, 0.2) is 18.1 Å². The maximum atomic E-state index is 14.0. The van der Waals surface area contributed by atoms with Gasteiger partial charge in [-0.3, -0.25) is 24.1 Å². The van der Waals surface area contributed by atoms with Crippen LogP contribution in [0.4, 0.5) is 18.9 Å². The number of thiazole rings is 1. The van der Waals surface area contributed by atoms with Crippen molar-refractivity contribution in [2.24, 2.45) is 29.6 Å². The van der Waals surface area contributed by atoms with E-state index in [9.17, 15) is 32.3 Å². The maximum Gasteiger partial charge on any atom is 0.416 e. The van der Waals surface area contributed by atoms with Crippen LogP contribution in [0.3, 0.4) is 0 Å². The van der Waals surface area contributed by atoms with Gasteiger partial charge in [-0.05, 0) is 79.3 Å². The third-order valence-corrected chi connectivity index (χ3v) is 13.4. The Hall–Kier alpha value is -3.78. The van der Waals surface area contributed by atoms with Gasteiger partial charge in [-0.15, -0.1) is 11.8 Å². The van der Waals surface area contributed by atoms with Gasteiger partial charge in [0.25, 0.3) is 5.91 Å². The van der Waals surface area contributed by atoms with Crippen LogP contribution in [0.5, 0.6) is 11.5 Å². The fourth-order valence-corrected chi connectivity index (χ4v) is 11.7. The van der Waals surface area contributed by atoms with Crippen LogP contribution in [0.15, 0.2) is 52.3 Å². The van der Waals surface area contributed by atoms with Crippen LogP contribution in [-0.4, -0.2) is 59.7 Å². The van der Waals surface area contributed by atoms with Gasteiger partial charge in [0.2, 0.25) is 11.8 Å². The number of likely N-dealkylation sites (tertiary alicyclic amines) is 1. The second-order valence-electron chi connectivity index (χ2n) is 13.2. The highest BCUT2D eigenvalue weighted by atomic mass is 32.2. The van der Waals surface area contributed by atoms with Crippen molar-refractivity contribution >= 4 is 46.5 Å². The van der Waals surface area contributed by atoms with Crippen LogP contribution >= 0.6 is 23.1 Å². The summed E-state index contributed by atoms with van der Waals surface area (Å²) >= 11 is 2.65.